The lowest BCUT2D eigenvalue weighted by Crippen LogP contribution is -2.39. The second kappa shape index (κ2) is 12.5. The van der Waals surface area contributed by atoms with E-state index < -0.39 is 0 Å². The lowest BCUT2D eigenvalue weighted by Gasteiger charge is -2.22. The zero-order valence-electron chi connectivity index (χ0n) is 14.8. The number of hydrogen-bond donors (Lipinski definition) is 2. The molecule has 0 saturated heterocycles. The number of nitrogens with zero attached hydrogens (tertiary/aromatic N) is 2. The maximum Gasteiger partial charge on any atom is 0.222 e. The number of guanidine groups is 1. The Morgan fingerprint density at radius 1 is 1.29 bits per heavy atom. The molecule has 0 saturated carbocycles. The molecule has 0 bridgehead atoms. The minimum Gasteiger partial charge on any atom is -0.357 e. The standard InChI is InChI=1S/C17H27BrN4O.HI/c1-5-19-17(21-11-10-20-16(23)13(2)3)22(4)12-14-8-6-7-9-15(14)18;/h6-9,13H,5,10-12H2,1-4H3,(H,19,21)(H,20,23);1H. The van der Waals surface area contributed by atoms with Crippen LogP contribution in [0.3, 0.4) is 0 Å². The number of rotatable bonds is 7. The van der Waals surface area contributed by atoms with Crippen molar-refractivity contribution < 1.29 is 4.79 Å². The van der Waals surface area contributed by atoms with Gasteiger partial charge in [0, 0.05) is 37.1 Å². The largest absolute Gasteiger partial charge is 0.357 e. The third-order valence-corrected chi connectivity index (χ3v) is 4.03. The van der Waals surface area contributed by atoms with Crippen molar-refractivity contribution in [3.8, 4) is 0 Å². The highest BCUT2D eigenvalue weighted by atomic mass is 127. The van der Waals surface area contributed by atoms with Crippen LogP contribution in [0.15, 0.2) is 33.7 Å². The third kappa shape index (κ3) is 8.32. The summed E-state index contributed by atoms with van der Waals surface area (Å²) in [5.41, 5.74) is 1.20. The molecule has 24 heavy (non-hydrogen) atoms. The zero-order valence-corrected chi connectivity index (χ0v) is 18.7. The first kappa shape index (κ1) is 23.2. The van der Waals surface area contributed by atoms with Crippen LogP contribution in [0.25, 0.3) is 0 Å². The van der Waals surface area contributed by atoms with E-state index in [2.05, 4.69) is 42.5 Å². The smallest absolute Gasteiger partial charge is 0.222 e. The SMILES string of the molecule is CCNC(=NCCNC(=O)C(C)C)N(C)Cc1ccccc1Br.I. The molecule has 1 aromatic rings. The van der Waals surface area contributed by atoms with E-state index in [-0.39, 0.29) is 35.8 Å². The van der Waals surface area contributed by atoms with Gasteiger partial charge in [-0.25, -0.2) is 0 Å². The molecule has 0 unspecified atom stereocenters. The first-order valence-corrected chi connectivity index (χ1v) is 8.75. The van der Waals surface area contributed by atoms with Crippen molar-refractivity contribution >= 4 is 51.8 Å². The molecule has 7 heteroatoms. The van der Waals surface area contributed by atoms with Crippen LogP contribution in [0, 0.1) is 5.92 Å². The molecular formula is C17H28BrIN4O. The quantitative estimate of drug-likeness (QED) is 0.256. The maximum absolute atomic E-state index is 11.5. The molecule has 1 aromatic carbocycles. The fourth-order valence-corrected chi connectivity index (χ4v) is 2.38. The molecule has 1 rings (SSSR count). The fraction of sp³-hybridized carbons (Fsp3) is 0.529. The van der Waals surface area contributed by atoms with Crippen molar-refractivity contribution in [2.45, 2.75) is 27.3 Å². The molecule has 5 nitrogen and oxygen atoms in total. The van der Waals surface area contributed by atoms with Gasteiger partial charge in [-0.3, -0.25) is 9.79 Å². The van der Waals surface area contributed by atoms with Crippen LogP contribution in [0.5, 0.6) is 0 Å². The Labute approximate surface area is 170 Å². The molecule has 0 aliphatic rings. The molecular weight excluding hydrogens is 483 g/mol. The minimum atomic E-state index is 0. The molecule has 0 aliphatic carbocycles. The average Bonchev–Trinajstić information content (AvgIpc) is 2.52. The Morgan fingerprint density at radius 2 is 1.96 bits per heavy atom. The number of halogens is 2. The van der Waals surface area contributed by atoms with Crippen LogP contribution >= 0.6 is 39.9 Å². The number of amides is 1. The lowest BCUT2D eigenvalue weighted by atomic mass is 10.2. The highest BCUT2D eigenvalue weighted by Gasteiger charge is 2.09. The van der Waals surface area contributed by atoms with E-state index in [1.165, 1.54) is 5.56 Å². The molecule has 0 heterocycles. The van der Waals surface area contributed by atoms with Crippen LogP contribution in [0.2, 0.25) is 0 Å². The van der Waals surface area contributed by atoms with E-state index >= 15 is 0 Å². The molecule has 0 fully saturated rings. The van der Waals surface area contributed by atoms with Gasteiger partial charge in [0.25, 0.3) is 0 Å². The zero-order chi connectivity index (χ0) is 17.2. The summed E-state index contributed by atoms with van der Waals surface area (Å²) < 4.78 is 1.09. The summed E-state index contributed by atoms with van der Waals surface area (Å²) in [6, 6.07) is 8.16. The monoisotopic (exact) mass is 510 g/mol. The van der Waals surface area contributed by atoms with E-state index in [4.69, 9.17) is 0 Å². The van der Waals surface area contributed by atoms with Crippen LogP contribution < -0.4 is 10.6 Å². The van der Waals surface area contributed by atoms with E-state index in [0.29, 0.717) is 13.1 Å². The molecule has 2 N–H and O–H groups in total. The predicted octanol–water partition coefficient (Wildman–Crippen LogP) is 3.24. The highest BCUT2D eigenvalue weighted by molar-refractivity contribution is 14.0. The van der Waals surface area contributed by atoms with Crippen molar-refractivity contribution in [1.82, 2.24) is 15.5 Å². The number of carbonyl (C=O) groups excluding carboxylic acids is 1. The third-order valence-electron chi connectivity index (χ3n) is 3.26. The van der Waals surface area contributed by atoms with E-state index in [0.717, 1.165) is 23.5 Å². The predicted molar refractivity (Wildman–Crippen MR) is 115 cm³/mol. The van der Waals surface area contributed by atoms with Gasteiger partial charge in [0.15, 0.2) is 5.96 Å². The summed E-state index contributed by atoms with van der Waals surface area (Å²) in [5.74, 6) is 0.902. The Balaban J connectivity index is 0.00000529. The Hall–Kier alpha value is -0.830. The summed E-state index contributed by atoms with van der Waals surface area (Å²) in [5, 5.41) is 6.16. The number of carbonyl (C=O) groups is 1. The number of nitrogens with one attached hydrogen (secondary N) is 2. The van der Waals surface area contributed by atoms with E-state index in [1.807, 2.05) is 46.0 Å². The summed E-state index contributed by atoms with van der Waals surface area (Å²) in [7, 11) is 2.01. The first-order chi connectivity index (χ1) is 11.0. The molecule has 0 aliphatic heterocycles. The van der Waals surface area contributed by atoms with E-state index in [9.17, 15) is 4.79 Å². The van der Waals surface area contributed by atoms with Crippen molar-refractivity contribution in [2.24, 2.45) is 10.9 Å². The number of benzene rings is 1. The van der Waals surface area contributed by atoms with Gasteiger partial charge in [-0.05, 0) is 18.6 Å². The summed E-state index contributed by atoms with van der Waals surface area (Å²) >= 11 is 3.57. The molecule has 0 atom stereocenters. The Bertz CT molecular complexity index is 537. The normalized spacial score (nSPS) is 11.0. The van der Waals surface area contributed by atoms with Crippen molar-refractivity contribution in [2.75, 3.05) is 26.7 Å². The molecule has 136 valence electrons. The van der Waals surface area contributed by atoms with Gasteiger partial charge in [-0.15, -0.1) is 24.0 Å². The van der Waals surface area contributed by atoms with Crippen molar-refractivity contribution in [3.63, 3.8) is 0 Å². The van der Waals surface area contributed by atoms with Gasteiger partial charge in [0.05, 0.1) is 6.54 Å². The summed E-state index contributed by atoms with van der Waals surface area (Å²) in [4.78, 5) is 18.2. The minimum absolute atomic E-state index is 0. The summed E-state index contributed by atoms with van der Waals surface area (Å²) in [6.07, 6.45) is 0. The van der Waals surface area contributed by atoms with Gasteiger partial charge >= 0.3 is 0 Å². The van der Waals surface area contributed by atoms with Crippen molar-refractivity contribution in [3.05, 3.63) is 34.3 Å². The van der Waals surface area contributed by atoms with Gasteiger partial charge in [-0.1, -0.05) is 48.0 Å². The second-order valence-electron chi connectivity index (χ2n) is 5.63. The van der Waals surface area contributed by atoms with Crippen molar-refractivity contribution in [1.29, 1.82) is 0 Å². The van der Waals surface area contributed by atoms with Gasteiger partial charge in [0.1, 0.15) is 0 Å². The Kier molecular flexibility index (Phi) is 12.1. The molecule has 1 amide bonds. The van der Waals surface area contributed by atoms with Crippen LogP contribution in [0.4, 0.5) is 0 Å². The highest BCUT2D eigenvalue weighted by Crippen LogP contribution is 2.17. The number of hydrogen-bond acceptors (Lipinski definition) is 2. The van der Waals surface area contributed by atoms with Crippen LogP contribution in [-0.4, -0.2) is 43.4 Å². The lowest BCUT2D eigenvalue weighted by molar-refractivity contribution is -0.123. The van der Waals surface area contributed by atoms with E-state index in [1.54, 1.807) is 0 Å². The van der Waals surface area contributed by atoms with Crippen LogP contribution in [-0.2, 0) is 11.3 Å². The topological polar surface area (TPSA) is 56.7 Å². The van der Waals surface area contributed by atoms with Gasteiger partial charge < -0.3 is 15.5 Å². The van der Waals surface area contributed by atoms with Crippen LogP contribution in [0.1, 0.15) is 26.3 Å². The number of aliphatic imine (C=N–C) groups is 1. The molecule has 0 aromatic heterocycles. The summed E-state index contributed by atoms with van der Waals surface area (Å²) in [6.45, 7) is 8.48. The first-order valence-electron chi connectivity index (χ1n) is 7.96. The Morgan fingerprint density at radius 3 is 2.54 bits per heavy atom. The molecule has 0 radical (unpaired) electrons. The second-order valence-corrected chi connectivity index (χ2v) is 6.48. The fourth-order valence-electron chi connectivity index (χ4n) is 1.97. The van der Waals surface area contributed by atoms with Gasteiger partial charge in [0.2, 0.25) is 5.91 Å². The molecule has 0 spiro atoms. The van der Waals surface area contributed by atoms with Gasteiger partial charge in [-0.2, -0.15) is 0 Å². The maximum atomic E-state index is 11.5. The average molecular weight is 511 g/mol.